The Morgan fingerprint density at radius 2 is 1.76 bits per heavy atom. The highest BCUT2D eigenvalue weighted by molar-refractivity contribution is 7.89. The van der Waals surface area contributed by atoms with Crippen LogP contribution in [0.5, 0.6) is 5.75 Å². The number of hydrogen-bond donors (Lipinski definition) is 0. The van der Waals surface area contributed by atoms with Gasteiger partial charge in [0.25, 0.3) is 10.0 Å². The number of para-hydroxylation sites is 1. The van der Waals surface area contributed by atoms with Crippen LogP contribution in [0.1, 0.15) is 0 Å². The van der Waals surface area contributed by atoms with E-state index in [0.717, 1.165) is 4.09 Å². The van der Waals surface area contributed by atoms with Gasteiger partial charge in [0.1, 0.15) is 22.2 Å². The van der Waals surface area contributed by atoms with Gasteiger partial charge < -0.3 is 9.15 Å². The van der Waals surface area contributed by atoms with Crippen molar-refractivity contribution in [2.75, 3.05) is 7.11 Å². The van der Waals surface area contributed by atoms with Gasteiger partial charge in [0.15, 0.2) is 0 Å². The molecule has 2 heterocycles. The molecular weight excluding hydrogens is 344 g/mol. The van der Waals surface area contributed by atoms with E-state index in [1.807, 2.05) is 0 Å². The number of methoxy groups -OCH3 is 1. The molecule has 0 spiro atoms. The van der Waals surface area contributed by atoms with E-state index >= 15 is 0 Å². The average molecular weight is 356 g/mol. The van der Waals surface area contributed by atoms with Crippen LogP contribution in [0.2, 0.25) is 0 Å². The smallest absolute Gasteiger partial charge is 0.347 e. The molecule has 0 unspecified atom stereocenters. The quantitative estimate of drug-likeness (QED) is 0.524. The predicted molar refractivity (Wildman–Crippen MR) is 91.4 cm³/mol. The predicted octanol–water partition coefficient (Wildman–Crippen LogP) is 2.39. The number of rotatable bonds is 3. The van der Waals surface area contributed by atoms with E-state index in [9.17, 15) is 13.2 Å². The molecule has 8 heteroatoms. The summed E-state index contributed by atoms with van der Waals surface area (Å²) in [5.74, 6) is 0.538. The minimum absolute atomic E-state index is 0.0369. The van der Waals surface area contributed by atoms with Gasteiger partial charge in [-0.1, -0.05) is 12.1 Å². The Morgan fingerprint density at radius 3 is 2.48 bits per heavy atom. The number of fused-ring (bicyclic) bond motifs is 3. The second-order valence-electron chi connectivity index (χ2n) is 5.33. The third-order valence-electron chi connectivity index (χ3n) is 3.86. The van der Waals surface area contributed by atoms with Crippen molar-refractivity contribution in [2.24, 2.45) is 0 Å². The van der Waals surface area contributed by atoms with Crippen LogP contribution in [0.15, 0.2) is 68.8 Å². The zero-order valence-corrected chi connectivity index (χ0v) is 13.9. The number of ether oxygens (including phenoxy) is 1. The van der Waals surface area contributed by atoms with Gasteiger partial charge in [0, 0.05) is 5.39 Å². The van der Waals surface area contributed by atoms with Gasteiger partial charge in [-0.15, -0.1) is 0 Å². The number of benzene rings is 2. The monoisotopic (exact) mass is 356 g/mol. The van der Waals surface area contributed by atoms with E-state index in [1.54, 1.807) is 36.4 Å². The first-order chi connectivity index (χ1) is 12.0. The van der Waals surface area contributed by atoms with Crippen molar-refractivity contribution in [3.05, 3.63) is 65.1 Å². The number of hydrogen-bond acceptors (Lipinski definition) is 6. The largest absolute Gasteiger partial charge is 0.497 e. The minimum Gasteiger partial charge on any atom is -0.497 e. The lowest BCUT2D eigenvalue weighted by molar-refractivity contribution is 0.414. The zero-order valence-electron chi connectivity index (χ0n) is 13.0. The molecule has 0 saturated heterocycles. The van der Waals surface area contributed by atoms with E-state index in [2.05, 4.69) is 5.10 Å². The molecule has 2 aromatic carbocycles. The van der Waals surface area contributed by atoms with Crippen LogP contribution < -0.4 is 10.4 Å². The lowest BCUT2D eigenvalue weighted by Crippen LogP contribution is -2.13. The van der Waals surface area contributed by atoms with Crippen LogP contribution in [0.25, 0.3) is 21.9 Å². The first kappa shape index (κ1) is 15.4. The number of nitrogens with zero attached hydrogens (tertiary/aromatic N) is 2. The molecule has 0 aliphatic rings. The molecule has 4 aromatic rings. The average Bonchev–Trinajstić information content (AvgIpc) is 3.09. The molecule has 126 valence electrons. The van der Waals surface area contributed by atoms with Crippen molar-refractivity contribution in [3.8, 4) is 5.75 Å². The molecule has 0 fully saturated rings. The first-order valence-corrected chi connectivity index (χ1v) is 8.75. The Morgan fingerprint density at radius 1 is 1.04 bits per heavy atom. The van der Waals surface area contributed by atoms with Crippen LogP contribution in [0.4, 0.5) is 0 Å². The molecule has 25 heavy (non-hydrogen) atoms. The van der Waals surface area contributed by atoms with E-state index in [-0.39, 0.29) is 15.8 Å². The fraction of sp³-hybridized carbons (Fsp3) is 0.0588. The van der Waals surface area contributed by atoms with Crippen LogP contribution in [-0.2, 0) is 10.0 Å². The van der Waals surface area contributed by atoms with E-state index in [1.165, 1.54) is 25.4 Å². The Kier molecular flexibility index (Phi) is 3.36. The molecule has 0 aliphatic heterocycles. The second-order valence-corrected chi connectivity index (χ2v) is 7.13. The highest BCUT2D eigenvalue weighted by Gasteiger charge is 2.21. The van der Waals surface area contributed by atoms with Crippen molar-refractivity contribution in [1.82, 2.24) is 9.19 Å². The van der Waals surface area contributed by atoms with E-state index < -0.39 is 15.6 Å². The van der Waals surface area contributed by atoms with E-state index in [0.29, 0.717) is 16.7 Å². The first-order valence-electron chi connectivity index (χ1n) is 7.31. The maximum absolute atomic E-state index is 12.8. The third kappa shape index (κ3) is 2.38. The highest BCUT2D eigenvalue weighted by Crippen LogP contribution is 2.23. The molecule has 0 radical (unpaired) electrons. The highest BCUT2D eigenvalue weighted by atomic mass is 32.2. The van der Waals surface area contributed by atoms with Crippen molar-refractivity contribution in [2.45, 2.75) is 4.90 Å². The summed E-state index contributed by atoms with van der Waals surface area (Å²) in [7, 11) is -2.45. The molecule has 0 atom stereocenters. The summed E-state index contributed by atoms with van der Waals surface area (Å²) in [6.07, 6.45) is 1.17. The van der Waals surface area contributed by atoms with Crippen LogP contribution in [0.3, 0.4) is 0 Å². The second kappa shape index (κ2) is 5.45. The molecule has 2 aromatic heterocycles. The SMILES string of the molecule is COc1ccc(S(=O)(=O)n2cc3c(=O)oc4ccccc4c3n2)cc1. The number of aromatic nitrogens is 2. The Bertz CT molecular complexity index is 1250. The molecular formula is C17H12N2O5S. The lowest BCUT2D eigenvalue weighted by Gasteiger charge is -2.05. The molecule has 4 rings (SSSR count). The van der Waals surface area contributed by atoms with Crippen LogP contribution in [0, 0.1) is 0 Å². The zero-order chi connectivity index (χ0) is 17.6. The van der Waals surface area contributed by atoms with Gasteiger partial charge in [-0.3, -0.25) is 0 Å². The van der Waals surface area contributed by atoms with Crippen molar-refractivity contribution in [1.29, 1.82) is 0 Å². The standard InChI is InChI=1S/C17H12N2O5S/c1-23-11-6-8-12(9-7-11)25(21,22)19-10-14-16(18-19)13-4-2-3-5-15(13)24-17(14)20/h2-10H,1H3. The van der Waals surface area contributed by atoms with Gasteiger partial charge >= 0.3 is 5.63 Å². The lowest BCUT2D eigenvalue weighted by atomic mass is 10.2. The molecule has 7 nitrogen and oxygen atoms in total. The van der Waals surface area contributed by atoms with Gasteiger partial charge in [0.05, 0.1) is 18.2 Å². The van der Waals surface area contributed by atoms with Crippen molar-refractivity contribution >= 4 is 31.9 Å². The normalized spacial score (nSPS) is 11.9. The summed E-state index contributed by atoms with van der Waals surface area (Å²) in [6.45, 7) is 0. The molecule has 0 amide bonds. The van der Waals surface area contributed by atoms with E-state index in [4.69, 9.17) is 9.15 Å². The summed E-state index contributed by atoms with van der Waals surface area (Å²) < 4.78 is 36.6. The van der Waals surface area contributed by atoms with Gasteiger partial charge in [-0.05, 0) is 36.4 Å². The fourth-order valence-corrected chi connectivity index (χ4v) is 3.72. The fourth-order valence-electron chi connectivity index (χ4n) is 2.59. The molecule has 0 bridgehead atoms. The Hall–Kier alpha value is -3.13. The van der Waals surface area contributed by atoms with Crippen molar-refractivity contribution < 1.29 is 17.6 Å². The van der Waals surface area contributed by atoms with Crippen LogP contribution in [-0.4, -0.2) is 24.7 Å². The summed E-state index contributed by atoms with van der Waals surface area (Å²) in [5, 5.41) is 4.81. The van der Waals surface area contributed by atoms with Crippen LogP contribution >= 0.6 is 0 Å². The summed E-state index contributed by atoms with van der Waals surface area (Å²) in [6, 6.07) is 12.8. The maximum atomic E-state index is 12.8. The third-order valence-corrected chi connectivity index (χ3v) is 5.41. The molecule has 0 N–H and O–H groups in total. The van der Waals surface area contributed by atoms with Crippen molar-refractivity contribution in [3.63, 3.8) is 0 Å². The minimum atomic E-state index is -3.94. The molecule has 0 aliphatic carbocycles. The summed E-state index contributed by atoms with van der Waals surface area (Å²) in [5.41, 5.74) is 0.000845. The molecule has 0 saturated carbocycles. The Labute approximate surface area is 142 Å². The maximum Gasteiger partial charge on any atom is 0.347 e. The van der Waals surface area contributed by atoms with Gasteiger partial charge in [-0.25, -0.2) is 4.79 Å². The Balaban J connectivity index is 1.95. The summed E-state index contributed by atoms with van der Waals surface area (Å²) >= 11 is 0. The summed E-state index contributed by atoms with van der Waals surface area (Å²) in [4.78, 5) is 12.2. The van der Waals surface area contributed by atoms with Gasteiger partial charge in [0.2, 0.25) is 0 Å². The van der Waals surface area contributed by atoms with Gasteiger partial charge in [-0.2, -0.15) is 17.6 Å². The topological polar surface area (TPSA) is 91.4 Å².